The number of anilines is 2. The lowest BCUT2D eigenvalue weighted by Crippen LogP contribution is -2.23. The lowest BCUT2D eigenvalue weighted by molar-refractivity contribution is 0.102. The number of hydrogen-bond donors (Lipinski definition) is 2. The number of amides is 1. The zero-order chi connectivity index (χ0) is 22.7. The smallest absolute Gasteiger partial charge is 0.255 e. The highest BCUT2D eigenvalue weighted by molar-refractivity contribution is 7.92. The molecule has 0 heterocycles. The van der Waals surface area contributed by atoms with E-state index in [0.717, 1.165) is 10.6 Å². The third-order valence-electron chi connectivity index (χ3n) is 3.94. The summed E-state index contributed by atoms with van der Waals surface area (Å²) in [4.78, 5) is 12.5. The number of rotatable bonds is 8. The summed E-state index contributed by atoms with van der Waals surface area (Å²) in [5.41, 5.74) is 0.624. The fraction of sp³-hybridized carbons (Fsp3) is 0.278. The van der Waals surface area contributed by atoms with Crippen LogP contribution in [0.15, 0.2) is 41.3 Å². The molecule has 0 radical (unpaired) electrons. The number of carbonyl (C=O) groups is 1. The highest BCUT2D eigenvalue weighted by Gasteiger charge is 2.24. The van der Waals surface area contributed by atoms with Crippen molar-refractivity contribution in [2.45, 2.75) is 4.90 Å². The number of carbonyl (C=O) groups excluding carboxylic acids is 1. The first kappa shape index (κ1) is 23.4. The average molecular weight is 458 g/mol. The van der Waals surface area contributed by atoms with Crippen LogP contribution in [0.25, 0.3) is 0 Å². The molecule has 0 aromatic heterocycles. The quantitative estimate of drug-likeness (QED) is 0.615. The number of nitrogens with one attached hydrogen (secondary N) is 2. The molecule has 2 rings (SSSR count). The van der Waals surface area contributed by atoms with Crippen LogP contribution in [-0.2, 0) is 20.0 Å². The van der Waals surface area contributed by atoms with Crippen molar-refractivity contribution in [1.29, 1.82) is 0 Å². The molecule has 0 aliphatic carbocycles. The maximum absolute atomic E-state index is 12.7. The summed E-state index contributed by atoms with van der Waals surface area (Å²) in [6.07, 6.45) is 1.01. The molecule has 1 amide bonds. The Morgan fingerprint density at radius 3 is 2.10 bits per heavy atom. The van der Waals surface area contributed by atoms with Gasteiger partial charge >= 0.3 is 0 Å². The van der Waals surface area contributed by atoms with E-state index in [9.17, 15) is 21.6 Å². The largest absolute Gasteiger partial charge is 0.495 e. The van der Waals surface area contributed by atoms with Crippen LogP contribution in [0.4, 0.5) is 11.4 Å². The molecule has 164 valence electrons. The molecule has 0 atom stereocenters. The van der Waals surface area contributed by atoms with Crippen LogP contribution in [0.2, 0.25) is 0 Å². The molecule has 12 heteroatoms. The molecule has 10 nitrogen and oxygen atoms in total. The number of ether oxygens (including phenoxy) is 2. The summed E-state index contributed by atoms with van der Waals surface area (Å²) < 4.78 is 61.5. The second-order valence-electron chi connectivity index (χ2n) is 6.40. The van der Waals surface area contributed by atoms with Gasteiger partial charge in [-0.25, -0.2) is 21.1 Å². The molecule has 0 aliphatic rings. The molecule has 0 saturated heterocycles. The van der Waals surface area contributed by atoms with Gasteiger partial charge in [0.05, 0.1) is 26.2 Å². The van der Waals surface area contributed by atoms with Crippen molar-refractivity contribution in [3.63, 3.8) is 0 Å². The molecule has 2 N–H and O–H groups in total. The molecule has 0 bridgehead atoms. The van der Waals surface area contributed by atoms with Gasteiger partial charge in [-0.05, 0) is 30.3 Å². The van der Waals surface area contributed by atoms with E-state index in [-0.39, 0.29) is 27.6 Å². The lowest BCUT2D eigenvalue weighted by atomic mass is 10.2. The molecular formula is C18H23N3O7S2. The number of sulfonamides is 2. The molecule has 0 unspecified atom stereocenters. The average Bonchev–Trinajstić information content (AvgIpc) is 2.67. The number of benzene rings is 2. The van der Waals surface area contributed by atoms with Gasteiger partial charge in [-0.3, -0.25) is 9.52 Å². The molecule has 0 saturated carbocycles. The Bertz CT molecular complexity index is 1160. The summed E-state index contributed by atoms with van der Waals surface area (Å²) in [7, 11) is -1.91. The summed E-state index contributed by atoms with van der Waals surface area (Å²) in [6, 6.07) is 8.40. The summed E-state index contributed by atoms with van der Waals surface area (Å²) in [6.45, 7) is 0. The van der Waals surface area contributed by atoms with E-state index in [0.29, 0.717) is 5.69 Å². The van der Waals surface area contributed by atoms with Gasteiger partial charge in [-0.2, -0.15) is 0 Å². The normalized spacial score (nSPS) is 11.8. The predicted octanol–water partition coefficient (Wildman–Crippen LogP) is 1.58. The Labute approximate surface area is 175 Å². The molecule has 2 aromatic carbocycles. The van der Waals surface area contributed by atoms with Gasteiger partial charge in [-0.1, -0.05) is 0 Å². The van der Waals surface area contributed by atoms with E-state index < -0.39 is 26.0 Å². The minimum atomic E-state index is -3.84. The highest BCUT2D eigenvalue weighted by atomic mass is 32.2. The first-order chi connectivity index (χ1) is 13.9. The molecular weight excluding hydrogens is 434 g/mol. The first-order valence-electron chi connectivity index (χ1n) is 8.47. The minimum absolute atomic E-state index is 0.0912. The van der Waals surface area contributed by atoms with Crippen molar-refractivity contribution < 1.29 is 31.1 Å². The third kappa shape index (κ3) is 5.40. The number of nitrogens with zero attached hydrogens (tertiary/aromatic N) is 1. The van der Waals surface area contributed by atoms with Crippen molar-refractivity contribution >= 4 is 37.3 Å². The van der Waals surface area contributed by atoms with Crippen molar-refractivity contribution in [1.82, 2.24) is 4.31 Å². The van der Waals surface area contributed by atoms with E-state index in [1.807, 2.05) is 0 Å². The zero-order valence-corrected chi connectivity index (χ0v) is 18.7. The Morgan fingerprint density at radius 1 is 0.933 bits per heavy atom. The van der Waals surface area contributed by atoms with Gasteiger partial charge in [-0.15, -0.1) is 0 Å². The van der Waals surface area contributed by atoms with Crippen LogP contribution in [0.5, 0.6) is 11.5 Å². The molecule has 0 spiro atoms. The standard InChI is InChI=1S/C18H23N3O7S2/c1-21(2)30(25,26)17-10-12(6-9-15(17)27-3)18(22)19-13-7-8-14(16(11-13)28-4)20-29(5,23)24/h6-11,20H,1-5H3,(H,19,22). The maximum atomic E-state index is 12.7. The second kappa shape index (κ2) is 8.90. The molecule has 0 aliphatic heterocycles. The van der Waals surface area contributed by atoms with Gasteiger partial charge in [0.1, 0.15) is 16.4 Å². The fourth-order valence-corrected chi connectivity index (χ4v) is 4.12. The SMILES string of the molecule is COc1cc(NC(=O)c2ccc(OC)c(S(=O)(=O)N(C)C)c2)ccc1NS(C)(=O)=O. The van der Waals surface area contributed by atoms with E-state index in [4.69, 9.17) is 9.47 Å². The van der Waals surface area contributed by atoms with E-state index in [1.54, 1.807) is 0 Å². The van der Waals surface area contributed by atoms with Gasteiger partial charge in [0.15, 0.2) is 0 Å². The van der Waals surface area contributed by atoms with Crippen LogP contribution < -0.4 is 19.5 Å². The van der Waals surface area contributed by atoms with Gasteiger partial charge in [0, 0.05) is 31.4 Å². The molecule has 0 fully saturated rings. The number of hydrogen-bond acceptors (Lipinski definition) is 7. The van der Waals surface area contributed by atoms with Crippen LogP contribution in [0.1, 0.15) is 10.4 Å². The summed E-state index contributed by atoms with van der Waals surface area (Å²) >= 11 is 0. The second-order valence-corrected chi connectivity index (χ2v) is 10.3. The highest BCUT2D eigenvalue weighted by Crippen LogP contribution is 2.30. The van der Waals surface area contributed by atoms with Crippen molar-refractivity contribution in [2.75, 3.05) is 44.6 Å². The number of methoxy groups -OCH3 is 2. The Balaban J connectivity index is 2.36. The van der Waals surface area contributed by atoms with E-state index in [2.05, 4.69) is 10.0 Å². The van der Waals surface area contributed by atoms with Gasteiger partial charge in [0.25, 0.3) is 5.91 Å². The monoisotopic (exact) mass is 457 g/mol. The lowest BCUT2D eigenvalue weighted by Gasteiger charge is -2.16. The molecule has 30 heavy (non-hydrogen) atoms. The summed E-state index contributed by atoms with van der Waals surface area (Å²) in [5.74, 6) is -0.263. The predicted molar refractivity (Wildman–Crippen MR) is 113 cm³/mol. The van der Waals surface area contributed by atoms with Crippen molar-refractivity contribution in [2.24, 2.45) is 0 Å². The Kier molecular flexibility index (Phi) is 6.95. The molecule has 2 aromatic rings. The van der Waals surface area contributed by atoms with Crippen LogP contribution in [0, 0.1) is 0 Å². The van der Waals surface area contributed by atoms with Gasteiger partial charge in [0.2, 0.25) is 20.0 Å². The maximum Gasteiger partial charge on any atom is 0.255 e. The van der Waals surface area contributed by atoms with E-state index in [1.165, 1.54) is 64.7 Å². The Morgan fingerprint density at radius 2 is 1.57 bits per heavy atom. The van der Waals surface area contributed by atoms with Crippen LogP contribution in [-0.4, -0.2) is 61.6 Å². The zero-order valence-electron chi connectivity index (χ0n) is 17.1. The van der Waals surface area contributed by atoms with Gasteiger partial charge < -0.3 is 14.8 Å². The van der Waals surface area contributed by atoms with Crippen molar-refractivity contribution in [3.05, 3.63) is 42.0 Å². The third-order valence-corrected chi connectivity index (χ3v) is 6.37. The van der Waals surface area contributed by atoms with Crippen LogP contribution >= 0.6 is 0 Å². The topological polar surface area (TPSA) is 131 Å². The Hall–Kier alpha value is -2.83. The fourth-order valence-electron chi connectivity index (χ4n) is 2.47. The summed E-state index contributed by atoms with van der Waals surface area (Å²) in [5, 5.41) is 2.62. The first-order valence-corrected chi connectivity index (χ1v) is 11.8. The minimum Gasteiger partial charge on any atom is -0.495 e. The van der Waals surface area contributed by atoms with Crippen LogP contribution in [0.3, 0.4) is 0 Å². The van der Waals surface area contributed by atoms with Crippen molar-refractivity contribution in [3.8, 4) is 11.5 Å². The van der Waals surface area contributed by atoms with E-state index >= 15 is 0 Å².